The molecule has 0 amide bonds. The van der Waals surface area contributed by atoms with Crippen LogP contribution in [0, 0.1) is 0 Å². The number of hydrogen-bond acceptors (Lipinski definition) is 1. The van der Waals surface area contributed by atoms with Crippen molar-refractivity contribution < 1.29 is 0 Å². The first-order valence-electron chi connectivity index (χ1n) is 10.2. The minimum Gasteiger partial charge on any atom is -0.307 e. The first-order valence-corrected chi connectivity index (χ1v) is 10.2. The summed E-state index contributed by atoms with van der Waals surface area (Å²) >= 11 is 0. The second-order valence-corrected chi connectivity index (χ2v) is 7.74. The Labute approximate surface area is 172 Å². The Hall–Kier alpha value is -4.11. The minimum atomic E-state index is 0.999. The van der Waals surface area contributed by atoms with Crippen LogP contribution >= 0.6 is 0 Å². The van der Waals surface area contributed by atoms with E-state index in [0.717, 1.165) is 21.9 Å². The molecule has 4 heterocycles. The van der Waals surface area contributed by atoms with Crippen LogP contribution in [-0.2, 0) is 0 Å². The van der Waals surface area contributed by atoms with Crippen LogP contribution < -0.4 is 0 Å². The molecule has 0 aliphatic rings. The van der Waals surface area contributed by atoms with Crippen molar-refractivity contribution in [3.05, 3.63) is 103 Å². The SMILES string of the molecule is c1ccc2c(c1)cc1c3cc4ccccc4n3c3cccnc3c3ccccc3n21. The lowest BCUT2D eigenvalue weighted by Crippen LogP contribution is -1.94. The van der Waals surface area contributed by atoms with Crippen LogP contribution in [0.25, 0.3) is 54.8 Å². The Morgan fingerprint density at radius 3 is 1.70 bits per heavy atom. The molecule has 3 aromatic carbocycles. The Bertz CT molecular complexity index is 1670. The summed E-state index contributed by atoms with van der Waals surface area (Å²) in [6.45, 7) is 0. The maximum absolute atomic E-state index is 4.85. The molecule has 0 spiro atoms. The van der Waals surface area contributed by atoms with E-state index >= 15 is 0 Å². The van der Waals surface area contributed by atoms with Gasteiger partial charge in [0, 0.05) is 22.4 Å². The lowest BCUT2D eigenvalue weighted by atomic mass is 10.2. The van der Waals surface area contributed by atoms with Crippen molar-refractivity contribution in [2.24, 2.45) is 0 Å². The molecule has 140 valence electrons. The van der Waals surface area contributed by atoms with Crippen molar-refractivity contribution in [2.45, 2.75) is 0 Å². The number of aromatic nitrogens is 3. The number of benzene rings is 3. The van der Waals surface area contributed by atoms with Crippen molar-refractivity contribution in [1.29, 1.82) is 0 Å². The molecule has 0 fully saturated rings. The lowest BCUT2D eigenvalue weighted by molar-refractivity contribution is 1.28. The third-order valence-electron chi connectivity index (χ3n) is 6.11. The summed E-state index contributed by atoms with van der Waals surface area (Å²) in [6.07, 6.45) is 1.89. The maximum atomic E-state index is 4.85. The molecule has 0 aliphatic carbocycles. The fraction of sp³-hybridized carbons (Fsp3) is 0. The number of pyridine rings is 1. The highest BCUT2D eigenvalue weighted by molar-refractivity contribution is 6.09. The highest BCUT2D eigenvalue weighted by atomic mass is 15.0. The van der Waals surface area contributed by atoms with Gasteiger partial charge in [-0.15, -0.1) is 0 Å². The van der Waals surface area contributed by atoms with E-state index in [-0.39, 0.29) is 0 Å². The Morgan fingerprint density at radius 1 is 0.467 bits per heavy atom. The van der Waals surface area contributed by atoms with Gasteiger partial charge in [0.15, 0.2) is 0 Å². The zero-order chi connectivity index (χ0) is 19.7. The quantitative estimate of drug-likeness (QED) is 0.283. The molecule has 0 saturated heterocycles. The molecule has 0 radical (unpaired) electrons. The minimum absolute atomic E-state index is 0.999. The van der Waals surface area contributed by atoms with E-state index in [2.05, 4.69) is 99.8 Å². The molecule has 3 nitrogen and oxygen atoms in total. The predicted molar refractivity (Wildman–Crippen MR) is 125 cm³/mol. The van der Waals surface area contributed by atoms with Crippen molar-refractivity contribution in [2.75, 3.05) is 0 Å². The predicted octanol–water partition coefficient (Wildman–Crippen LogP) is 6.76. The smallest absolute Gasteiger partial charge is 0.0963 e. The third kappa shape index (κ3) is 1.96. The zero-order valence-corrected chi connectivity index (χ0v) is 16.2. The van der Waals surface area contributed by atoms with Crippen LogP contribution in [0.1, 0.15) is 0 Å². The molecular formula is C27H17N3. The van der Waals surface area contributed by atoms with Gasteiger partial charge in [-0.1, -0.05) is 54.6 Å². The van der Waals surface area contributed by atoms with Crippen LogP contribution in [-0.4, -0.2) is 13.8 Å². The lowest BCUT2D eigenvalue weighted by Gasteiger charge is -2.09. The Kier molecular flexibility index (Phi) is 3.00. The number of fused-ring (bicyclic) bond motifs is 12. The van der Waals surface area contributed by atoms with Gasteiger partial charge in [-0.3, -0.25) is 4.98 Å². The largest absolute Gasteiger partial charge is 0.307 e. The molecule has 0 saturated carbocycles. The summed E-state index contributed by atoms with van der Waals surface area (Å²) in [5.74, 6) is 0. The topological polar surface area (TPSA) is 21.7 Å². The normalized spacial score (nSPS) is 12.0. The fourth-order valence-electron chi connectivity index (χ4n) is 4.86. The molecule has 7 rings (SSSR count). The van der Waals surface area contributed by atoms with E-state index in [0.29, 0.717) is 0 Å². The van der Waals surface area contributed by atoms with Crippen LogP contribution in [0.3, 0.4) is 0 Å². The fourth-order valence-corrected chi connectivity index (χ4v) is 4.86. The second-order valence-electron chi connectivity index (χ2n) is 7.74. The van der Waals surface area contributed by atoms with E-state index in [1.165, 1.54) is 32.8 Å². The molecule has 4 aromatic heterocycles. The first-order chi connectivity index (χ1) is 14.9. The van der Waals surface area contributed by atoms with Gasteiger partial charge in [-0.25, -0.2) is 0 Å². The molecule has 0 bridgehead atoms. The summed E-state index contributed by atoms with van der Waals surface area (Å²) in [4.78, 5) is 4.85. The van der Waals surface area contributed by atoms with Gasteiger partial charge in [-0.2, -0.15) is 0 Å². The van der Waals surface area contributed by atoms with Crippen LogP contribution in [0.15, 0.2) is 103 Å². The first kappa shape index (κ1) is 15.8. The molecule has 0 N–H and O–H groups in total. The van der Waals surface area contributed by atoms with E-state index in [1.807, 2.05) is 12.3 Å². The van der Waals surface area contributed by atoms with Gasteiger partial charge in [0.25, 0.3) is 0 Å². The number of hydrogen-bond donors (Lipinski definition) is 0. The molecule has 0 unspecified atom stereocenters. The van der Waals surface area contributed by atoms with E-state index in [1.54, 1.807) is 0 Å². The van der Waals surface area contributed by atoms with Crippen molar-refractivity contribution in [1.82, 2.24) is 13.8 Å². The summed E-state index contributed by atoms with van der Waals surface area (Å²) in [7, 11) is 0. The highest BCUT2D eigenvalue weighted by Gasteiger charge is 2.13. The van der Waals surface area contributed by atoms with E-state index < -0.39 is 0 Å². The van der Waals surface area contributed by atoms with E-state index in [4.69, 9.17) is 4.98 Å². The van der Waals surface area contributed by atoms with Gasteiger partial charge < -0.3 is 8.80 Å². The summed E-state index contributed by atoms with van der Waals surface area (Å²) in [5, 5.41) is 3.60. The Morgan fingerprint density at radius 2 is 1.00 bits per heavy atom. The van der Waals surface area contributed by atoms with Gasteiger partial charge in [0.2, 0.25) is 0 Å². The average molecular weight is 383 g/mol. The van der Waals surface area contributed by atoms with Crippen molar-refractivity contribution >= 4 is 54.8 Å². The summed E-state index contributed by atoms with van der Waals surface area (Å²) < 4.78 is 4.74. The van der Waals surface area contributed by atoms with Gasteiger partial charge in [0.05, 0.1) is 38.6 Å². The summed E-state index contributed by atoms with van der Waals surface area (Å²) in [5.41, 5.74) is 8.03. The molecule has 3 heteroatoms. The van der Waals surface area contributed by atoms with Crippen molar-refractivity contribution in [3.63, 3.8) is 0 Å². The molecule has 30 heavy (non-hydrogen) atoms. The Balaban J connectivity index is 1.99. The van der Waals surface area contributed by atoms with Gasteiger partial charge in [-0.05, 0) is 42.5 Å². The maximum Gasteiger partial charge on any atom is 0.0963 e. The third-order valence-corrected chi connectivity index (χ3v) is 6.11. The molecular weight excluding hydrogens is 366 g/mol. The van der Waals surface area contributed by atoms with E-state index in [9.17, 15) is 0 Å². The zero-order valence-electron chi connectivity index (χ0n) is 16.2. The average Bonchev–Trinajstić information content (AvgIpc) is 3.36. The second kappa shape index (κ2) is 5.71. The highest BCUT2D eigenvalue weighted by Crippen LogP contribution is 2.33. The van der Waals surface area contributed by atoms with Crippen LogP contribution in [0.2, 0.25) is 0 Å². The van der Waals surface area contributed by atoms with Crippen LogP contribution in [0.4, 0.5) is 0 Å². The number of nitrogens with zero attached hydrogens (tertiary/aromatic N) is 3. The van der Waals surface area contributed by atoms with Crippen LogP contribution in [0.5, 0.6) is 0 Å². The van der Waals surface area contributed by atoms with Crippen molar-refractivity contribution in [3.8, 4) is 0 Å². The molecule has 0 aliphatic heterocycles. The molecule has 7 aromatic rings. The standard InChI is InChI=1S/C27H17N3/c1-4-11-21-18(8-1)16-25-26-17-19-9-2-5-12-22(19)30(26)24-14-7-15-28-27(24)20-10-3-6-13-23(20)29(21)25/h1-17H. The number of rotatable bonds is 0. The number of para-hydroxylation sites is 3. The summed E-state index contributed by atoms with van der Waals surface area (Å²) in [6, 6.07) is 34.6. The van der Waals surface area contributed by atoms with Gasteiger partial charge in [0.1, 0.15) is 0 Å². The van der Waals surface area contributed by atoms with Gasteiger partial charge >= 0.3 is 0 Å². The monoisotopic (exact) mass is 383 g/mol. The molecule has 0 atom stereocenters.